The Labute approximate surface area is 76.4 Å². The summed E-state index contributed by atoms with van der Waals surface area (Å²) in [4.78, 5) is 3.83. The molecule has 0 spiro atoms. The molecule has 1 N–H and O–H groups in total. The average Bonchev–Trinajstić information content (AvgIpc) is 2.89. The SMILES string of the molecule is OC(CC1CC1)c1ccc(F)cn1. The highest BCUT2D eigenvalue weighted by atomic mass is 19.1. The van der Waals surface area contributed by atoms with Crippen molar-refractivity contribution in [3.63, 3.8) is 0 Å². The van der Waals surface area contributed by atoms with Crippen LogP contribution in [0.1, 0.15) is 31.1 Å². The van der Waals surface area contributed by atoms with Gasteiger partial charge in [-0.2, -0.15) is 0 Å². The number of rotatable bonds is 3. The maximum Gasteiger partial charge on any atom is 0.141 e. The first-order valence-corrected chi connectivity index (χ1v) is 4.55. The summed E-state index contributed by atoms with van der Waals surface area (Å²) >= 11 is 0. The molecule has 2 rings (SSSR count). The van der Waals surface area contributed by atoms with Crippen molar-refractivity contribution in [1.29, 1.82) is 0 Å². The summed E-state index contributed by atoms with van der Waals surface area (Å²) in [5, 5.41) is 9.64. The average molecular weight is 181 g/mol. The van der Waals surface area contributed by atoms with E-state index in [0.29, 0.717) is 11.6 Å². The van der Waals surface area contributed by atoms with E-state index in [1.165, 1.54) is 18.9 Å². The number of hydrogen-bond donors (Lipinski definition) is 1. The first-order valence-electron chi connectivity index (χ1n) is 4.55. The molecule has 1 aliphatic carbocycles. The summed E-state index contributed by atoms with van der Waals surface area (Å²) in [7, 11) is 0. The Hall–Kier alpha value is -0.960. The minimum Gasteiger partial charge on any atom is -0.387 e. The third-order valence-electron chi connectivity index (χ3n) is 2.35. The molecule has 1 fully saturated rings. The molecular formula is C10H12FNO. The van der Waals surface area contributed by atoms with Crippen LogP contribution in [0.2, 0.25) is 0 Å². The van der Waals surface area contributed by atoms with Gasteiger partial charge < -0.3 is 5.11 Å². The van der Waals surface area contributed by atoms with Gasteiger partial charge in [0.25, 0.3) is 0 Å². The van der Waals surface area contributed by atoms with Crippen molar-refractivity contribution in [3.05, 3.63) is 29.8 Å². The van der Waals surface area contributed by atoms with Crippen LogP contribution >= 0.6 is 0 Å². The fraction of sp³-hybridized carbons (Fsp3) is 0.500. The van der Waals surface area contributed by atoms with E-state index >= 15 is 0 Å². The van der Waals surface area contributed by atoms with Crippen molar-refractivity contribution in [1.82, 2.24) is 4.98 Å². The van der Waals surface area contributed by atoms with E-state index in [4.69, 9.17) is 0 Å². The second-order valence-electron chi connectivity index (χ2n) is 3.60. The lowest BCUT2D eigenvalue weighted by molar-refractivity contribution is 0.155. The van der Waals surface area contributed by atoms with Gasteiger partial charge >= 0.3 is 0 Å². The van der Waals surface area contributed by atoms with Crippen molar-refractivity contribution in [2.45, 2.75) is 25.4 Å². The molecular weight excluding hydrogens is 169 g/mol. The monoisotopic (exact) mass is 181 g/mol. The Morgan fingerprint density at radius 2 is 2.31 bits per heavy atom. The molecule has 70 valence electrons. The first-order chi connectivity index (χ1) is 6.25. The van der Waals surface area contributed by atoms with E-state index < -0.39 is 6.10 Å². The van der Waals surface area contributed by atoms with Crippen molar-refractivity contribution in [3.8, 4) is 0 Å². The Kier molecular flexibility index (Phi) is 2.27. The highest BCUT2D eigenvalue weighted by Crippen LogP contribution is 2.37. The molecule has 0 saturated heterocycles. The van der Waals surface area contributed by atoms with Crippen molar-refractivity contribution in [2.24, 2.45) is 5.92 Å². The predicted molar refractivity (Wildman–Crippen MR) is 46.5 cm³/mol. The first kappa shape index (κ1) is 8.63. The van der Waals surface area contributed by atoms with Crippen LogP contribution in [0, 0.1) is 11.7 Å². The quantitative estimate of drug-likeness (QED) is 0.774. The number of aromatic nitrogens is 1. The molecule has 0 amide bonds. The van der Waals surface area contributed by atoms with Crippen LogP contribution < -0.4 is 0 Å². The summed E-state index contributed by atoms with van der Waals surface area (Å²) in [5.41, 5.74) is 0.577. The predicted octanol–water partition coefficient (Wildman–Crippen LogP) is 2.05. The second-order valence-corrected chi connectivity index (χ2v) is 3.60. The van der Waals surface area contributed by atoms with Gasteiger partial charge in [0.2, 0.25) is 0 Å². The minimum atomic E-state index is -0.520. The van der Waals surface area contributed by atoms with Crippen molar-refractivity contribution < 1.29 is 9.50 Å². The Balaban J connectivity index is 2.01. The molecule has 1 heterocycles. The molecule has 1 saturated carbocycles. The van der Waals surface area contributed by atoms with Gasteiger partial charge in [-0.1, -0.05) is 12.8 Å². The topological polar surface area (TPSA) is 33.1 Å². The van der Waals surface area contributed by atoms with Gasteiger partial charge in [0, 0.05) is 0 Å². The fourth-order valence-corrected chi connectivity index (χ4v) is 1.37. The van der Waals surface area contributed by atoms with Crippen molar-refractivity contribution >= 4 is 0 Å². The van der Waals surface area contributed by atoms with E-state index in [1.54, 1.807) is 6.07 Å². The summed E-state index contributed by atoms with van der Waals surface area (Å²) in [5.74, 6) is 0.296. The highest BCUT2D eigenvalue weighted by molar-refractivity contribution is 5.08. The molecule has 3 heteroatoms. The van der Waals surface area contributed by atoms with Gasteiger partial charge in [-0.15, -0.1) is 0 Å². The molecule has 1 atom stereocenters. The second kappa shape index (κ2) is 3.42. The fourth-order valence-electron chi connectivity index (χ4n) is 1.37. The molecule has 0 aliphatic heterocycles. The maximum atomic E-state index is 12.5. The molecule has 0 aromatic carbocycles. The summed E-state index contributed by atoms with van der Waals surface area (Å²) < 4.78 is 12.5. The van der Waals surface area contributed by atoms with Crippen LogP contribution in [0.4, 0.5) is 4.39 Å². The standard InChI is InChI=1S/C10H12FNO/c11-8-3-4-9(12-6-8)10(13)5-7-1-2-7/h3-4,6-7,10,13H,1-2,5H2. The lowest BCUT2D eigenvalue weighted by Crippen LogP contribution is -2.01. The van der Waals surface area contributed by atoms with Crippen LogP contribution in [0.25, 0.3) is 0 Å². The Morgan fingerprint density at radius 1 is 1.54 bits per heavy atom. The van der Waals surface area contributed by atoms with Gasteiger partial charge in [-0.25, -0.2) is 4.39 Å². The molecule has 1 aromatic heterocycles. The Morgan fingerprint density at radius 3 is 2.85 bits per heavy atom. The summed E-state index contributed by atoms with van der Waals surface area (Å²) in [6, 6.07) is 2.88. The third-order valence-corrected chi connectivity index (χ3v) is 2.35. The van der Waals surface area contributed by atoms with Crippen LogP contribution in [0.5, 0.6) is 0 Å². The third kappa shape index (κ3) is 2.25. The molecule has 0 bridgehead atoms. The van der Waals surface area contributed by atoms with E-state index in [1.807, 2.05) is 0 Å². The van der Waals surface area contributed by atoms with Gasteiger partial charge in [0.1, 0.15) is 5.82 Å². The minimum absolute atomic E-state index is 0.359. The molecule has 1 aromatic rings. The van der Waals surface area contributed by atoms with E-state index in [-0.39, 0.29) is 5.82 Å². The zero-order chi connectivity index (χ0) is 9.26. The Bertz CT molecular complexity index is 281. The number of aliphatic hydroxyl groups excluding tert-OH is 1. The number of hydrogen-bond acceptors (Lipinski definition) is 2. The van der Waals surface area contributed by atoms with Gasteiger partial charge in [0.15, 0.2) is 0 Å². The van der Waals surface area contributed by atoms with Gasteiger partial charge in [-0.05, 0) is 24.5 Å². The smallest absolute Gasteiger partial charge is 0.141 e. The lowest BCUT2D eigenvalue weighted by Gasteiger charge is -2.08. The molecule has 13 heavy (non-hydrogen) atoms. The number of nitrogens with zero attached hydrogens (tertiary/aromatic N) is 1. The number of halogens is 1. The zero-order valence-corrected chi connectivity index (χ0v) is 7.28. The lowest BCUT2D eigenvalue weighted by atomic mass is 10.1. The van der Waals surface area contributed by atoms with Crippen LogP contribution in [0.15, 0.2) is 18.3 Å². The van der Waals surface area contributed by atoms with Crippen LogP contribution in [0.3, 0.4) is 0 Å². The van der Waals surface area contributed by atoms with Crippen LogP contribution in [-0.4, -0.2) is 10.1 Å². The molecule has 1 aliphatic rings. The van der Waals surface area contributed by atoms with E-state index in [0.717, 1.165) is 12.6 Å². The normalized spacial score (nSPS) is 18.6. The van der Waals surface area contributed by atoms with E-state index in [9.17, 15) is 9.50 Å². The van der Waals surface area contributed by atoms with Crippen LogP contribution in [-0.2, 0) is 0 Å². The van der Waals surface area contributed by atoms with Gasteiger partial charge in [-0.3, -0.25) is 4.98 Å². The zero-order valence-electron chi connectivity index (χ0n) is 7.28. The van der Waals surface area contributed by atoms with Crippen molar-refractivity contribution in [2.75, 3.05) is 0 Å². The highest BCUT2D eigenvalue weighted by Gasteiger charge is 2.25. The summed E-state index contributed by atoms with van der Waals surface area (Å²) in [6.45, 7) is 0. The molecule has 0 radical (unpaired) electrons. The molecule has 1 unspecified atom stereocenters. The number of pyridine rings is 1. The number of aliphatic hydroxyl groups is 1. The molecule has 2 nitrogen and oxygen atoms in total. The van der Waals surface area contributed by atoms with Gasteiger partial charge in [0.05, 0.1) is 18.0 Å². The summed E-state index contributed by atoms with van der Waals surface area (Å²) in [6.07, 6.45) is 3.80. The largest absolute Gasteiger partial charge is 0.387 e. The van der Waals surface area contributed by atoms with E-state index in [2.05, 4.69) is 4.98 Å². The maximum absolute atomic E-state index is 12.5.